The van der Waals surface area contributed by atoms with E-state index >= 15 is 0 Å². The standard InChI is InChI=1S/C26H29N5O4S/c1-4-5-6-7-8-24-27-28-26(36-24)30-17(3)12-19-13-22-23(35-15-34-22)14-20(19)25(29-30)18-9-10-21(31(32)33)16(2)11-18/h9-11,13-14,17H,4-8,12,15H2,1-3H3/t17-/m1/s1. The SMILES string of the molecule is CCCCCCc1nnc(N2N=C(c3ccc([N+](=O)[O-])c(C)c3)c3cc4c(cc3C[C@H]2C)OCO4)s1. The van der Waals surface area contributed by atoms with Crippen LogP contribution in [0.1, 0.15) is 66.8 Å². The molecular weight excluding hydrogens is 478 g/mol. The summed E-state index contributed by atoms with van der Waals surface area (Å²) in [7, 11) is 0. The van der Waals surface area contributed by atoms with E-state index in [1.165, 1.54) is 25.3 Å². The summed E-state index contributed by atoms with van der Waals surface area (Å²) in [6, 6.07) is 9.11. The van der Waals surface area contributed by atoms with Gasteiger partial charge < -0.3 is 9.47 Å². The van der Waals surface area contributed by atoms with Crippen molar-refractivity contribution in [1.29, 1.82) is 0 Å². The number of nitro benzene ring substituents is 1. The fourth-order valence-corrected chi connectivity index (χ4v) is 5.57. The van der Waals surface area contributed by atoms with Crippen LogP contribution in [0, 0.1) is 17.0 Å². The molecular formula is C26H29N5O4S. The van der Waals surface area contributed by atoms with E-state index in [1.807, 2.05) is 23.2 Å². The number of rotatable bonds is 8. The molecule has 0 N–H and O–H groups in total. The van der Waals surface area contributed by atoms with Crippen LogP contribution in [0.3, 0.4) is 0 Å². The van der Waals surface area contributed by atoms with Gasteiger partial charge in [-0.05, 0) is 56.5 Å². The molecule has 0 radical (unpaired) electrons. The Kier molecular flexibility index (Phi) is 6.86. The summed E-state index contributed by atoms with van der Waals surface area (Å²) in [4.78, 5) is 11.0. The van der Waals surface area contributed by atoms with Crippen LogP contribution in [0.25, 0.3) is 0 Å². The van der Waals surface area contributed by atoms with Gasteiger partial charge >= 0.3 is 0 Å². The smallest absolute Gasteiger partial charge is 0.272 e. The number of fused-ring (bicyclic) bond motifs is 2. The first kappa shape index (κ1) is 24.2. The van der Waals surface area contributed by atoms with Crippen molar-refractivity contribution in [3.8, 4) is 11.5 Å². The van der Waals surface area contributed by atoms with Gasteiger partial charge in [-0.25, -0.2) is 5.01 Å². The maximum absolute atomic E-state index is 11.4. The van der Waals surface area contributed by atoms with Crippen LogP contribution in [0.5, 0.6) is 11.5 Å². The second-order valence-electron chi connectivity index (χ2n) is 9.26. The van der Waals surface area contributed by atoms with Crippen LogP contribution in [0.4, 0.5) is 10.8 Å². The summed E-state index contributed by atoms with van der Waals surface area (Å²) in [6.45, 7) is 6.26. The highest BCUT2D eigenvalue weighted by molar-refractivity contribution is 7.15. The van der Waals surface area contributed by atoms with E-state index in [-0.39, 0.29) is 23.4 Å². The molecule has 188 valence electrons. The molecule has 0 saturated carbocycles. The zero-order chi connectivity index (χ0) is 25.2. The third kappa shape index (κ3) is 4.77. The zero-order valence-electron chi connectivity index (χ0n) is 20.7. The number of aryl methyl sites for hydroxylation is 2. The fourth-order valence-electron chi connectivity index (χ4n) is 4.63. The maximum Gasteiger partial charge on any atom is 0.272 e. The summed E-state index contributed by atoms with van der Waals surface area (Å²) >= 11 is 1.58. The number of hydrogen-bond donors (Lipinski definition) is 0. The van der Waals surface area contributed by atoms with Gasteiger partial charge in [-0.3, -0.25) is 10.1 Å². The highest BCUT2D eigenvalue weighted by atomic mass is 32.1. The molecule has 3 heterocycles. The normalized spacial score (nSPS) is 16.5. The van der Waals surface area contributed by atoms with Crippen LogP contribution in [-0.4, -0.2) is 33.7 Å². The minimum absolute atomic E-state index is 0.0154. The molecule has 0 saturated heterocycles. The van der Waals surface area contributed by atoms with Gasteiger partial charge in [-0.1, -0.05) is 37.5 Å². The summed E-state index contributed by atoms with van der Waals surface area (Å²) in [5.41, 5.74) is 4.17. The molecule has 0 spiro atoms. The highest BCUT2D eigenvalue weighted by Gasteiger charge is 2.29. The largest absolute Gasteiger partial charge is 0.454 e. The Morgan fingerprint density at radius 1 is 1.14 bits per heavy atom. The first-order valence-corrected chi connectivity index (χ1v) is 13.1. The first-order valence-electron chi connectivity index (χ1n) is 12.3. The van der Waals surface area contributed by atoms with E-state index in [0.29, 0.717) is 17.0 Å². The van der Waals surface area contributed by atoms with Crippen LogP contribution in [0.2, 0.25) is 0 Å². The number of anilines is 1. The number of hydrogen-bond acceptors (Lipinski definition) is 9. The molecule has 0 bridgehead atoms. The average molecular weight is 508 g/mol. The van der Waals surface area contributed by atoms with E-state index in [9.17, 15) is 10.1 Å². The number of nitro groups is 1. The van der Waals surface area contributed by atoms with Crippen LogP contribution < -0.4 is 14.5 Å². The second kappa shape index (κ2) is 10.2. The Balaban J connectivity index is 1.56. The zero-order valence-corrected chi connectivity index (χ0v) is 21.5. The van der Waals surface area contributed by atoms with Crippen molar-refractivity contribution in [3.63, 3.8) is 0 Å². The van der Waals surface area contributed by atoms with Crippen molar-refractivity contribution >= 4 is 27.9 Å². The number of hydrazone groups is 1. The lowest BCUT2D eigenvalue weighted by atomic mass is 9.93. The topological polar surface area (TPSA) is 103 Å². The van der Waals surface area contributed by atoms with E-state index in [2.05, 4.69) is 24.0 Å². The Morgan fingerprint density at radius 3 is 2.69 bits per heavy atom. The molecule has 0 fully saturated rings. The Bertz CT molecular complexity index is 1320. The minimum Gasteiger partial charge on any atom is -0.454 e. The van der Waals surface area contributed by atoms with Crippen LogP contribution in [-0.2, 0) is 12.8 Å². The van der Waals surface area contributed by atoms with Gasteiger partial charge in [0.15, 0.2) is 11.5 Å². The predicted molar refractivity (Wildman–Crippen MR) is 139 cm³/mol. The quantitative estimate of drug-likeness (QED) is 0.215. The van der Waals surface area contributed by atoms with Crippen molar-refractivity contribution in [2.24, 2.45) is 5.10 Å². The number of unbranched alkanes of at least 4 members (excludes halogenated alkanes) is 3. The predicted octanol–water partition coefficient (Wildman–Crippen LogP) is 5.81. The Morgan fingerprint density at radius 2 is 1.94 bits per heavy atom. The van der Waals surface area contributed by atoms with Gasteiger partial charge in [0.25, 0.3) is 5.69 Å². The van der Waals surface area contributed by atoms with Crippen molar-refractivity contribution in [3.05, 3.63) is 67.7 Å². The lowest BCUT2D eigenvalue weighted by Gasteiger charge is -2.22. The summed E-state index contributed by atoms with van der Waals surface area (Å²) in [6.07, 6.45) is 6.36. The van der Waals surface area contributed by atoms with Gasteiger partial charge in [-0.2, -0.15) is 5.10 Å². The van der Waals surface area contributed by atoms with Gasteiger partial charge in [-0.15, -0.1) is 10.2 Å². The fraction of sp³-hybridized carbons (Fsp3) is 0.423. The monoisotopic (exact) mass is 507 g/mol. The Labute approximate surface area is 213 Å². The summed E-state index contributed by atoms with van der Waals surface area (Å²) in [5, 5.41) is 29.1. The molecule has 0 aliphatic carbocycles. The lowest BCUT2D eigenvalue weighted by molar-refractivity contribution is -0.385. The molecule has 5 rings (SSSR count). The van der Waals surface area contributed by atoms with Crippen LogP contribution in [0.15, 0.2) is 35.4 Å². The maximum atomic E-state index is 11.4. The van der Waals surface area contributed by atoms with Gasteiger partial charge in [0.1, 0.15) is 5.01 Å². The lowest BCUT2D eigenvalue weighted by Crippen LogP contribution is -2.29. The van der Waals surface area contributed by atoms with Crippen molar-refractivity contribution < 1.29 is 14.4 Å². The third-order valence-electron chi connectivity index (χ3n) is 6.56. The molecule has 9 nitrogen and oxygen atoms in total. The average Bonchev–Trinajstić information content (AvgIpc) is 3.48. The van der Waals surface area contributed by atoms with Gasteiger partial charge in [0.2, 0.25) is 11.9 Å². The van der Waals surface area contributed by atoms with Crippen molar-refractivity contribution in [1.82, 2.24) is 10.2 Å². The van der Waals surface area contributed by atoms with E-state index in [1.54, 1.807) is 24.3 Å². The third-order valence-corrected chi connectivity index (χ3v) is 7.53. The highest BCUT2D eigenvalue weighted by Crippen LogP contribution is 2.39. The molecule has 2 aromatic carbocycles. The Hall–Kier alpha value is -3.53. The molecule has 2 aliphatic heterocycles. The van der Waals surface area contributed by atoms with Crippen molar-refractivity contribution in [2.75, 3.05) is 11.8 Å². The van der Waals surface area contributed by atoms with Crippen LogP contribution >= 0.6 is 11.3 Å². The molecule has 3 aromatic rings. The van der Waals surface area contributed by atoms with E-state index in [4.69, 9.17) is 14.6 Å². The molecule has 0 amide bonds. The number of ether oxygens (including phenoxy) is 2. The summed E-state index contributed by atoms with van der Waals surface area (Å²) in [5.74, 6) is 1.39. The molecule has 2 aliphatic rings. The van der Waals surface area contributed by atoms with Gasteiger partial charge in [0, 0.05) is 29.2 Å². The molecule has 1 atom stereocenters. The minimum atomic E-state index is -0.363. The van der Waals surface area contributed by atoms with E-state index < -0.39 is 0 Å². The first-order chi connectivity index (χ1) is 17.4. The molecule has 10 heteroatoms. The summed E-state index contributed by atoms with van der Waals surface area (Å²) < 4.78 is 11.3. The molecule has 36 heavy (non-hydrogen) atoms. The van der Waals surface area contributed by atoms with Crippen molar-refractivity contribution in [2.45, 2.75) is 65.3 Å². The van der Waals surface area contributed by atoms with E-state index in [0.717, 1.165) is 51.8 Å². The second-order valence-corrected chi connectivity index (χ2v) is 10.3. The molecule has 0 unspecified atom stereocenters. The number of nitrogens with zero attached hydrogens (tertiary/aromatic N) is 5. The van der Waals surface area contributed by atoms with Gasteiger partial charge in [0.05, 0.1) is 16.7 Å². The number of aromatic nitrogens is 2. The number of benzene rings is 2. The molecule has 1 aromatic heterocycles.